The zero-order valence-electron chi connectivity index (χ0n) is 12.8. The Bertz CT molecular complexity index is 489. The molecule has 0 aliphatic carbocycles. The van der Waals surface area contributed by atoms with E-state index in [1.807, 2.05) is 23.1 Å². The van der Waals surface area contributed by atoms with Crippen molar-refractivity contribution in [2.45, 2.75) is 19.8 Å². The van der Waals surface area contributed by atoms with Crippen LogP contribution in [-0.2, 0) is 0 Å². The summed E-state index contributed by atoms with van der Waals surface area (Å²) in [7, 11) is 0. The average Bonchev–Trinajstić information content (AvgIpc) is 2.56. The van der Waals surface area contributed by atoms with Gasteiger partial charge in [-0.25, -0.2) is 0 Å². The number of likely N-dealkylation sites (tertiary alicyclic amines) is 1. The van der Waals surface area contributed by atoms with Crippen LogP contribution in [0.25, 0.3) is 0 Å². The molecule has 4 nitrogen and oxygen atoms in total. The third-order valence-corrected chi connectivity index (χ3v) is 4.66. The highest BCUT2D eigenvalue weighted by Crippen LogP contribution is 2.25. The van der Waals surface area contributed by atoms with Gasteiger partial charge in [0, 0.05) is 45.0 Å². The zero-order chi connectivity index (χ0) is 14.7. The van der Waals surface area contributed by atoms with E-state index in [0.29, 0.717) is 0 Å². The van der Waals surface area contributed by atoms with Crippen molar-refractivity contribution in [3.8, 4) is 0 Å². The van der Waals surface area contributed by atoms with Gasteiger partial charge in [0.25, 0.3) is 5.91 Å². The number of hydrogen-bond acceptors (Lipinski definition) is 3. The smallest absolute Gasteiger partial charge is 0.255 e. The molecule has 1 aromatic carbocycles. The fourth-order valence-corrected chi connectivity index (χ4v) is 3.22. The molecule has 2 saturated heterocycles. The van der Waals surface area contributed by atoms with Gasteiger partial charge < -0.3 is 15.1 Å². The van der Waals surface area contributed by atoms with E-state index in [1.54, 1.807) is 0 Å². The van der Waals surface area contributed by atoms with Crippen LogP contribution in [0, 0.1) is 5.92 Å². The Labute approximate surface area is 127 Å². The Hall–Kier alpha value is -1.55. The predicted molar refractivity (Wildman–Crippen MR) is 85.8 cm³/mol. The summed E-state index contributed by atoms with van der Waals surface area (Å²) in [5.41, 5.74) is 1.97. The van der Waals surface area contributed by atoms with E-state index in [9.17, 15) is 4.79 Å². The van der Waals surface area contributed by atoms with Crippen LogP contribution in [-0.4, -0.2) is 50.1 Å². The fraction of sp³-hybridized carbons (Fsp3) is 0.588. The number of nitrogens with one attached hydrogen (secondary N) is 1. The van der Waals surface area contributed by atoms with E-state index >= 15 is 0 Å². The molecular formula is C17H25N3O. The molecule has 2 aliphatic heterocycles. The third kappa shape index (κ3) is 3.21. The molecule has 1 amide bonds. The van der Waals surface area contributed by atoms with Gasteiger partial charge in [-0.05, 0) is 30.9 Å². The van der Waals surface area contributed by atoms with E-state index in [4.69, 9.17) is 0 Å². The van der Waals surface area contributed by atoms with Gasteiger partial charge in [0.15, 0.2) is 0 Å². The van der Waals surface area contributed by atoms with Crippen LogP contribution < -0.4 is 10.2 Å². The number of nitrogens with zero attached hydrogens (tertiary/aromatic N) is 2. The van der Waals surface area contributed by atoms with E-state index in [-0.39, 0.29) is 5.91 Å². The summed E-state index contributed by atoms with van der Waals surface area (Å²) in [6.45, 7) is 8.00. The molecule has 114 valence electrons. The second-order valence-electron chi connectivity index (χ2n) is 6.23. The Balaban J connectivity index is 1.79. The molecule has 0 spiro atoms. The number of carbonyl (C=O) groups is 1. The van der Waals surface area contributed by atoms with Crippen LogP contribution in [0.1, 0.15) is 30.1 Å². The Morgan fingerprint density at radius 2 is 1.76 bits per heavy atom. The Kier molecular flexibility index (Phi) is 4.44. The van der Waals surface area contributed by atoms with Crippen molar-refractivity contribution in [1.29, 1.82) is 0 Å². The first-order chi connectivity index (χ1) is 10.3. The van der Waals surface area contributed by atoms with E-state index in [0.717, 1.165) is 69.3 Å². The number of hydrogen-bond donors (Lipinski definition) is 1. The molecule has 21 heavy (non-hydrogen) atoms. The number of carbonyl (C=O) groups excluding carboxylic acids is 1. The predicted octanol–water partition coefficient (Wildman–Crippen LogP) is 1.97. The second-order valence-corrected chi connectivity index (χ2v) is 6.23. The Morgan fingerprint density at radius 3 is 2.48 bits per heavy atom. The van der Waals surface area contributed by atoms with E-state index < -0.39 is 0 Å². The monoisotopic (exact) mass is 287 g/mol. The molecule has 0 aromatic heterocycles. The number of rotatable bonds is 2. The summed E-state index contributed by atoms with van der Waals surface area (Å²) >= 11 is 0. The maximum absolute atomic E-state index is 12.9. The highest BCUT2D eigenvalue weighted by atomic mass is 16.2. The van der Waals surface area contributed by atoms with Crippen LogP contribution >= 0.6 is 0 Å². The van der Waals surface area contributed by atoms with E-state index in [2.05, 4.69) is 23.2 Å². The number of piperazine rings is 1. The summed E-state index contributed by atoms with van der Waals surface area (Å²) < 4.78 is 0. The summed E-state index contributed by atoms with van der Waals surface area (Å²) in [6, 6.07) is 8.08. The average molecular weight is 287 g/mol. The van der Waals surface area contributed by atoms with Crippen LogP contribution in [0.15, 0.2) is 24.3 Å². The van der Waals surface area contributed by atoms with Gasteiger partial charge in [0.05, 0.1) is 5.56 Å². The second kappa shape index (κ2) is 6.48. The molecule has 2 fully saturated rings. The molecular weight excluding hydrogens is 262 g/mol. The first kappa shape index (κ1) is 14.4. The van der Waals surface area contributed by atoms with Crippen molar-refractivity contribution in [1.82, 2.24) is 10.2 Å². The molecule has 0 unspecified atom stereocenters. The minimum atomic E-state index is 0.205. The largest absolute Gasteiger partial charge is 0.368 e. The van der Waals surface area contributed by atoms with Crippen LogP contribution in [0.4, 0.5) is 5.69 Å². The number of benzene rings is 1. The van der Waals surface area contributed by atoms with Gasteiger partial charge in [-0.2, -0.15) is 0 Å². The van der Waals surface area contributed by atoms with Gasteiger partial charge >= 0.3 is 0 Å². The summed E-state index contributed by atoms with van der Waals surface area (Å²) in [5, 5.41) is 3.36. The van der Waals surface area contributed by atoms with Crippen LogP contribution in [0.2, 0.25) is 0 Å². The lowest BCUT2D eigenvalue weighted by molar-refractivity contribution is 0.0698. The SMILES string of the molecule is CC1CCN(C(=O)c2ccccc2N2CCNCC2)CC1. The zero-order valence-corrected chi connectivity index (χ0v) is 12.8. The summed E-state index contributed by atoms with van der Waals surface area (Å²) in [5.74, 6) is 0.952. The van der Waals surface area contributed by atoms with Crippen LogP contribution in [0.5, 0.6) is 0 Å². The molecule has 1 N–H and O–H groups in total. The Morgan fingerprint density at radius 1 is 1.10 bits per heavy atom. The number of para-hydroxylation sites is 1. The summed E-state index contributed by atoms with van der Waals surface area (Å²) in [4.78, 5) is 17.2. The first-order valence-electron chi connectivity index (χ1n) is 8.09. The van der Waals surface area contributed by atoms with Crippen LogP contribution in [0.3, 0.4) is 0 Å². The highest BCUT2D eigenvalue weighted by Gasteiger charge is 2.24. The van der Waals surface area contributed by atoms with Crippen molar-refractivity contribution >= 4 is 11.6 Å². The maximum Gasteiger partial charge on any atom is 0.255 e. The van der Waals surface area contributed by atoms with Gasteiger partial charge in [0.2, 0.25) is 0 Å². The molecule has 3 rings (SSSR count). The van der Waals surface area contributed by atoms with Crippen molar-refractivity contribution in [2.75, 3.05) is 44.2 Å². The van der Waals surface area contributed by atoms with Crippen molar-refractivity contribution in [2.24, 2.45) is 5.92 Å². The molecule has 0 radical (unpaired) electrons. The van der Waals surface area contributed by atoms with Gasteiger partial charge in [0.1, 0.15) is 0 Å². The lowest BCUT2D eigenvalue weighted by atomic mass is 9.98. The van der Waals surface area contributed by atoms with Gasteiger partial charge in [-0.3, -0.25) is 4.79 Å². The number of amides is 1. The minimum absolute atomic E-state index is 0.205. The van der Waals surface area contributed by atoms with Gasteiger partial charge in [-0.1, -0.05) is 19.1 Å². The number of piperidine rings is 1. The maximum atomic E-state index is 12.9. The quantitative estimate of drug-likeness (QED) is 0.903. The minimum Gasteiger partial charge on any atom is -0.368 e. The van der Waals surface area contributed by atoms with Crippen molar-refractivity contribution in [3.05, 3.63) is 29.8 Å². The molecule has 0 saturated carbocycles. The molecule has 1 aromatic rings. The molecule has 4 heteroatoms. The summed E-state index contributed by atoms with van der Waals surface area (Å²) in [6.07, 6.45) is 2.25. The normalized spacial score (nSPS) is 20.6. The van der Waals surface area contributed by atoms with E-state index in [1.165, 1.54) is 0 Å². The van der Waals surface area contributed by atoms with Crippen molar-refractivity contribution in [3.63, 3.8) is 0 Å². The fourth-order valence-electron chi connectivity index (χ4n) is 3.22. The molecule has 2 heterocycles. The lowest BCUT2D eigenvalue weighted by Crippen LogP contribution is -2.45. The lowest BCUT2D eigenvalue weighted by Gasteiger charge is -2.34. The standard InChI is InChI=1S/C17H25N3O/c1-14-6-10-20(11-7-14)17(21)15-4-2-3-5-16(15)19-12-8-18-9-13-19/h2-5,14,18H,6-13H2,1H3. The van der Waals surface area contributed by atoms with Gasteiger partial charge in [-0.15, -0.1) is 0 Å². The third-order valence-electron chi connectivity index (χ3n) is 4.66. The molecule has 0 bridgehead atoms. The molecule has 2 aliphatic rings. The molecule has 0 atom stereocenters. The number of anilines is 1. The van der Waals surface area contributed by atoms with Crippen molar-refractivity contribution < 1.29 is 4.79 Å². The first-order valence-corrected chi connectivity index (χ1v) is 8.09. The topological polar surface area (TPSA) is 35.6 Å². The highest BCUT2D eigenvalue weighted by molar-refractivity contribution is 5.99.